The standard InChI is InChI=1S/C16H25NO3/c1-3-4-5-8-17-12(2)16(18)13-6-7-14-15(11-13)20-10-9-19-14/h6-7,11-12,16-18H,3-5,8-10H2,1-2H3. The Hall–Kier alpha value is -1.26. The molecule has 0 aliphatic carbocycles. The van der Waals surface area contributed by atoms with E-state index in [1.807, 2.05) is 25.1 Å². The highest BCUT2D eigenvalue weighted by Gasteiger charge is 2.19. The fraction of sp³-hybridized carbons (Fsp3) is 0.625. The fourth-order valence-electron chi connectivity index (χ4n) is 2.35. The van der Waals surface area contributed by atoms with Crippen molar-refractivity contribution in [1.82, 2.24) is 5.32 Å². The van der Waals surface area contributed by atoms with Gasteiger partial charge in [-0.1, -0.05) is 25.8 Å². The predicted octanol–water partition coefficient (Wildman–Crippen LogP) is 2.66. The lowest BCUT2D eigenvalue weighted by atomic mass is 10.0. The maximum atomic E-state index is 10.4. The van der Waals surface area contributed by atoms with Crippen LogP contribution >= 0.6 is 0 Å². The molecule has 0 aromatic heterocycles. The van der Waals surface area contributed by atoms with E-state index in [0.717, 1.165) is 30.0 Å². The quantitative estimate of drug-likeness (QED) is 0.753. The van der Waals surface area contributed by atoms with Gasteiger partial charge in [-0.2, -0.15) is 0 Å². The molecule has 0 spiro atoms. The van der Waals surface area contributed by atoms with Crippen LogP contribution in [0.1, 0.15) is 44.8 Å². The number of nitrogens with one attached hydrogen (secondary N) is 1. The molecule has 2 atom stereocenters. The van der Waals surface area contributed by atoms with Gasteiger partial charge in [-0.15, -0.1) is 0 Å². The van der Waals surface area contributed by atoms with Crippen molar-refractivity contribution in [3.63, 3.8) is 0 Å². The first kappa shape index (κ1) is 15.1. The molecule has 1 heterocycles. The molecule has 2 unspecified atom stereocenters. The molecule has 2 rings (SSSR count). The van der Waals surface area contributed by atoms with Crippen molar-refractivity contribution in [1.29, 1.82) is 0 Å². The Morgan fingerprint density at radius 1 is 1.20 bits per heavy atom. The Balaban J connectivity index is 1.92. The Kier molecular flexibility index (Phi) is 5.68. The Morgan fingerprint density at radius 3 is 2.70 bits per heavy atom. The molecular formula is C16H25NO3. The minimum Gasteiger partial charge on any atom is -0.486 e. The monoisotopic (exact) mass is 279 g/mol. The molecule has 0 amide bonds. The molecule has 4 heteroatoms. The highest BCUT2D eigenvalue weighted by atomic mass is 16.6. The molecule has 4 nitrogen and oxygen atoms in total. The van der Waals surface area contributed by atoms with Crippen molar-refractivity contribution in [2.45, 2.75) is 45.3 Å². The van der Waals surface area contributed by atoms with Crippen molar-refractivity contribution >= 4 is 0 Å². The van der Waals surface area contributed by atoms with Crippen LogP contribution in [0.3, 0.4) is 0 Å². The third-order valence-corrected chi connectivity index (χ3v) is 3.63. The highest BCUT2D eigenvalue weighted by molar-refractivity contribution is 5.44. The van der Waals surface area contributed by atoms with Crippen LogP contribution in [0.5, 0.6) is 11.5 Å². The number of ether oxygens (including phenoxy) is 2. The summed E-state index contributed by atoms with van der Waals surface area (Å²) in [6, 6.07) is 5.68. The molecule has 1 aliphatic rings. The number of benzene rings is 1. The largest absolute Gasteiger partial charge is 0.486 e. The van der Waals surface area contributed by atoms with Gasteiger partial charge in [-0.25, -0.2) is 0 Å². The summed E-state index contributed by atoms with van der Waals surface area (Å²) < 4.78 is 11.0. The zero-order chi connectivity index (χ0) is 14.4. The maximum absolute atomic E-state index is 10.4. The van der Waals surface area contributed by atoms with Crippen molar-refractivity contribution in [2.75, 3.05) is 19.8 Å². The minimum absolute atomic E-state index is 0.0226. The van der Waals surface area contributed by atoms with E-state index in [1.165, 1.54) is 12.8 Å². The number of hydrogen-bond acceptors (Lipinski definition) is 4. The number of aliphatic hydroxyl groups excluding tert-OH is 1. The second kappa shape index (κ2) is 7.50. The number of aliphatic hydroxyl groups is 1. The van der Waals surface area contributed by atoms with E-state index >= 15 is 0 Å². The number of unbranched alkanes of at least 4 members (excludes halogenated alkanes) is 2. The Labute approximate surface area is 121 Å². The van der Waals surface area contributed by atoms with Gasteiger partial charge in [0.2, 0.25) is 0 Å². The minimum atomic E-state index is -0.535. The van der Waals surface area contributed by atoms with E-state index in [9.17, 15) is 5.11 Å². The van der Waals surface area contributed by atoms with Crippen molar-refractivity contribution in [3.05, 3.63) is 23.8 Å². The smallest absolute Gasteiger partial charge is 0.161 e. The van der Waals surface area contributed by atoms with Gasteiger partial charge in [0, 0.05) is 6.04 Å². The second-order valence-corrected chi connectivity index (χ2v) is 5.30. The lowest BCUT2D eigenvalue weighted by Gasteiger charge is -2.23. The van der Waals surface area contributed by atoms with Crippen LogP contribution in [0.15, 0.2) is 18.2 Å². The molecule has 1 aromatic rings. The average Bonchev–Trinajstić information content (AvgIpc) is 2.50. The SMILES string of the molecule is CCCCCNC(C)C(O)c1ccc2c(c1)OCCO2. The van der Waals surface area contributed by atoms with E-state index < -0.39 is 6.10 Å². The first-order valence-corrected chi connectivity index (χ1v) is 7.53. The van der Waals surface area contributed by atoms with E-state index in [1.54, 1.807) is 0 Å². The maximum Gasteiger partial charge on any atom is 0.161 e. The van der Waals surface area contributed by atoms with Gasteiger partial charge in [-0.05, 0) is 37.6 Å². The van der Waals surface area contributed by atoms with Crippen LogP contribution in [0, 0.1) is 0 Å². The van der Waals surface area contributed by atoms with Crippen LogP contribution < -0.4 is 14.8 Å². The van der Waals surface area contributed by atoms with Crippen LogP contribution in [0.4, 0.5) is 0 Å². The highest BCUT2D eigenvalue weighted by Crippen LogP contribution is 2.33. The zero-order valence-electron chi connectivity index (χ0n) is 12.4. The van der Waals surface area contributed by atoms with Crippen LogP contribution in [0.2, 0.25) is 0 Å². The lowest BCUT2D eigenvalue weighted by Crippen LogP contribution is -2.33. The first-order chi connectivity index (χ1) is 9.72. The number of fused-ring (bicyclic) bond motifs is 1. The molecule has 0 saturated carbocycles. The summed E-state index contributed by atoms with van der Waals surface area (Å²) in [5.74, 6) is 1.49. The zero-order valence-corrected chi connectivity index (χ0v) is 12.4. The van der Waals surface area contributed by atoms with E-state index in [0.29, 0.717) is 13.2 Å². The fourth-order valence-corrected chi connectivity index (χ4v) is 2.35. The van der Waals surface area contributed by atoms with E-state index in [4.69, 9.17) is 9.47 Å². The summed E-state index contributed by atoms with van der Waals surface area (Å²) >= 11 is 0. The predicted molar refractivity (Wildman–Crippen MR) is 79.4 cm³/mol. The molecule has 2 N–H and O–H groups in total. The van der Waals surface area contributed by atoms with Gasteiger partial charge in [-0.3, -0.25) is 0 Å². The molecule has 1 aromatic carbocycles. The van der Waals surface area contributed by atoms with E-state index in [2.05, 4.69) is 12.2 Å². The van der Waals surface area contributed by atoms with Gasteiger partial charge in [0.05, 0.1) is 6.10 Å². The molecule has 20 heavy (non-hydrogen) atoms. The Bertz CT molecular complexity index is 422. The second-order valence-electron chi connectivity index (χ2n) is 5.30. The third kappa shape index (κ3) is 3.87. The van der Waals surface area contributed by atoms with Crippen molar-refractivity contribution in [3.8, 4) is 11.5 Å². The van der Waals surface area contributed by atoms with Gasteiger partial charge in [0.1, 0.15) is 13.2 Å². The molecule has 1 aliphatic heterocycles. The van der Waals surface area contributed by atoms with Crippen LogP contribution in [-0.2, 0) is 0 Å². The average molecular weight is 279 g/mol. The van der Waals surface area contributed by atoms with E-state index in [-0.39, 0.29) is 6.04 Å². The molecule has 0 saturated heterocycles. The summed E-state index contributed by atoms with van der Waals surface area (Å²) in [6.07, 6.45) is 3.04. The molecule has 0 fully saturated rings. The number of hydrogen-bond donors (Lipinski definition) is 2. The summed E-state index contributed by atoms with van der Waals surface area (Å²) in [6.45, 7) is 6.29. The summed E-state index contributed by atoms with van der Waals surface area (Å²) in [5, 5.41) is 13.8. The summed E-state index contributed by atoms with van der Waals surface area (Å²) in [7, 11) is 0. The Morgan fingerprint density at radius 2 is 1.95 bits per heavy atom. The van der Waals surface area contributed by atoms with Gasteiger partial charge in [0.25, 0.3) is 0 Å². The van der Waals surface area contributed by atoms with Gasteiger partial charge < -0.3 is 19.9 Å². The van der Waals surface area contributed by atoms with Gasteiger partial charge >= 0.3 is 0 Å². The van der Waals surface area contributed by atoms with Crippen molar-refractivity contribution < 1.29 is 14.6 Å². The molecular weight excluding hydrogens is 254 g/mol. The normalized spacial score (nSPS) is 16.8. The summed E-state index contributed by atoms with van der Waals surface area (Å²) in [4.78, 5) is 0. The van der Waals surface area contributed by atoms with Crippen molar-refractivity contribution in [2.24, 2.45) is 0 Å². The summed E-state index contributed by atoms with van der Waals surface area (Å²) in [5.41, 5.74) is 0.866. The van der Waals surface area contributed by atoms with Crippen LogP contribution in [-0.4, -0.2) is 30.9 Å². The molecule has 0 bridgehead atoms. The lowest BCUT2D eigenvalue weighted by molar-refractivity contribution is 0.133. The van der Waals surface area contributed by atoms with Gasteiger partial charge in [0.15, 0.2) is 11.5 Å². The number of rotatable bonds is 7. The topological polar surface area (TPSA) is 50.7 Å². The molecule has 112 valence electrons. The van der Waals surface area contributed by atoms with Crippen LogP contribution in [0.25, 0.3) is 0 Å². The first-order valence-electron chi connectivity index (χ1n) is 7.53. The molecule has 0 radical (unpaired) electrons. The third-order valence-electron chi connectivity index (χ3n) is 3.63.